The van der Waals surface area contributed by atoms with Gasteiger partial charge in [-0.1, -0.05) is 12.1 Å². The molecule has 2 N–H and O–H groups in total. The second-order valence-electron chi connectivity index (χ2n) is 5.27. The van der Waals surface area contributed by atoms with Crippen molar-refractivity contribution in [2.45, 2.75) is 18.6 Å². The number of thiocarbonyl (C=S) groups is 1. The fraction of sp³-hybridized carbons (Fsp3) is 0.200. The van der Waals surface area contributed by atoms with E-state index in [0.717, 1.165) is 21.9 Å². The third kappa shape index (κ3) is 2.84. The molecule has 1 aromatic carbocycles. The van der Waals surface area contributed by atoms with Crippen LogP contribution in [0.25, 0.3) is 10.4 Å². The second-order valence-corrected chi connectivity index (χ2v) is 6.76. The normalized spacial score (nSPS) is 21.2. The monoisotopic (exact) mass is 356 g/mol. The van der Waals surface area contributed by atoms with Crippen molar-refractivity contribution in [1.29, 1.82) is 0 Å². The molecular formula is C15H11F3N2OS2. The first-order chi connectivity index (χ1) is 10.7. The summed E-state index contributed by atoms with van der Waals surface area (Å²) in [7, 11) is 0. The van der Waals surface area contributed by atoms with Crippen molar-refractivity contribution in [3.8, 4) is 10.4 Å². The zero-order valence-electron chi connectivity index (χ0n) is 11.8. The SMILES string of the molecule is CC1(c2ccc(-c3ccc(C(F)(F)F)cc3)s2)NC(=S)NC1=O. The summed E-state index contributed by atoms with van der Waals surface area (Å²) >= 11 is 6.29. The van der Waals surface area contributed by atoms with E-state index in [1.807, 2.05) is 0 Å². The van der Waals surface area contributed by atoms with Gasteiger partial charge in [0.1, 0.15) is 0 Å². The summed E-state index contributed by atoms with van der Waals surface area (Å²) in [5.74, 6) is -0.247. The molecular weight excluding hydrogens is 345 g/mol. The summed E-state index contributed by atoms with van der Waals surface area (Å²) in [6.07, 6.45) is -4.35. The van der Waals surface area contributed by atoms with Gasteiger partial charge in [-0.05, 0) is 49.0 Å². The van der Waals surface area contributed by atoms with Gasteiger partial charge in [-0.15, -0.1) is 11.3 Å². The molecule has 2 heterocycles. The molecule has 1 aliphatic heterocycles. The van der Waals surface area contributed by atoms with Gasteiger partial charge < -0.3 is 10.6 Å². The van der Waals surface area contributed by atoms with E-state index in [4.69, 9.17) is 12.2 Å². The predicted molar refractivity (Wildman–Crippen MR) is 86.0 cm³/mol. The topological polar surface area (TPSA) is 41.1 Å². The van der Waals surface area contributed by atoms with Crippen LogP contribution < -0.4 is 10.6 Å². The summed E-state index contributed by atoms with van der Waals surface area (Å²) in [5, 5.41) is 5.73. The van der Waals surface area contributed by atoms with Gasteiger partial charge in [0.2, 0.25) is 0 Å². The largest absolute Gasteiger partial charge is 0.416 e. The van der Waals surface area contributed by atoms with E-state index in [1.54, 1.807) is 19.1 Å². The molecule has 1 unspecified atom stereocenters. The standard InChI is InChI=1S/C15H11F3N2OS2/c1-14(12(21)19-13(22)20-14)11-7-6-10(23-11)8-2-4-9(5-3-8)15(16,17)18/h2-7H,1H3,(H2,19,20,21,22). The Morgan fingerprint density at radius 1 is 1.13 bits per heavy atom. The summed E-state index contributed by atoms with van der Waals surface area (Å²) in [6, 6.07) is 8.50. The van der Waals surface area contributed by atoms with Crippen LogP contribution in [0.2, 0.25) is 0 Å². The molecule has 1 aromatic heterocycles. The maximum atomic E-state index is 12.6. The number of hydrogen-bond acceptors (Lipinski definition) is 3. The lowest BCUT2D eigenvalue weighted by molar-refractivity contribution is -0.137. The van der Waals surface area contributed by atoms with Crippen LogP contribution in [0, 0.1) is 0 Å². The zero-order valence-corrected chi connectivity index (χ0v) is 13.5. The van der Waals surface area contributed by atoms with Crippen LogP contribution >= 0.6 is 23.6 Å². The molecule has 1 fully saturated rings. The van der Waals surface area contributed by atoms with Crippen molar-refractivity contribution in [3.05, 3.63) is 46.8 Å². The number of thiophene rings is 1. The predicted octanol–water partition coefficient (Wildman–Crippen LogP) is 3.65. The Hall–Kier alpha value is -1.93. The fourth-order valence-electron chi connectivity index (χ4n) is 2.30. The second kappa shape index (κ2) is 5.31. The van der Waals surface area contributed by atoms with E-state index >= 15 is 0 Å². The summed E-state index contributed by atoms with van der Waals surface area (Å²) in [4.78, 5) is 13.5. The number of hydrogen-bond donors (Lipinski definition) is 2. The van der Waals surface area contributed by atoms with E-state index in [9.17, 15) is 18.0 Å². The highest BCUT2D eigenvalue weighted by Crippen LogP contribution is 2.37. The molecule has 0 aliphatic carbocycles. The molecule has 0 radical (unpaired) electrons. The molecule has 1 atom stereocenters. The fourth-order valence-corrected chi connectivity index (χ4v) is 3.71. The number of carbonyl (C=O) groups excluding carboxylic acids is 1. The molecule has 0 spiro atoms. The number of alkyl halides is 3. The van der Waals surface area contributed by atoms with Crippen LogP contribution in [0.3, 0.4) is 0 Å². The minimum Gasteiger partial charge on any atom is -0.344 e. The molecule has 23 heavy (non-hydrogen) atoms. The third-order valence-electron chi connectivity index (χ3n) is 3.64. The minimum absolute atomic E-state index is 0.247. The Kier molecular flexibility index (Phi) is 3.68. The highest BCUT2D eigenvalue weighted by molar-refractivity contribution is 7.80. The van der Waals surface area contributed by atoms with Crippen molar-refractivity contribution in [2.75, 3.05) is 0 Å². The van der Waals surface area contributed by atoms with Crippen molar-refractivity contribution in [3.63, 3.8) is 0 Å². The first-order valence-electron chi connectivity index (χ1n) is 6.62. The average molecular weight is 356 g/mol. The Morgan fingerprint density at radius 3 is 2.30 bits per heavy atom. The van der Waals surface area contributed by atoms with Crippen LogP contribution in [0.15, 0.2) is 36.4 Å². The van der Waals surface area contributed by atoms with Crippen molar-refractivity contribution >= 4 is 34.6 Å². The molecule has 3 rings (SSSR count). The Balaban J connectivity index is 1.91. The quantitative estimate of drug-likeness (QED) is 0.807. The summed E-state index contributed by atoms with van der Waals surface area (Å²) < 4.78 is 37.8. The summed E-state index contributed by atoms with van der Waals surface area (Å²) in [5.41, 5.74) is -0.975. The third-order valence-corrected chi connectivity index (χ3v) is 5.20. The van der Waals surface area contributed by atoms with Crippen molar-refractivity contribution in [2.24, 2.45) is 0 Å². The van der Waals surface area contributed by atoms with Crippen LogP contribution in [-0.2, 0) is 16.5 Å². The van der Waals surface area contributed by atoms with Crippen molar-refractivity contribution < 1.29 is 18.0 Å². The van der Waals surface area contributed by atoms with Gasteiger partial charge in [0.05, 0.1) is 5.56 Å². The van der Waals surface area contributed by atoms with Crippen molar-refractivity contribution in [1.82, 2.24) is 10.6 Å². The first kappa shape index (κ1) is 15.9. The molecule has 1 saturated heterocycles. The molecule has 1 aliphatic rings. The van der Waals surface area contributed by atoms with E-state index in [2.05, 4.69) is 10.6 Å². The van der Waals surface area contributed by atoms with E-state index in [1.165, 1.54) is 23.5 Å². The number of benzene rings is 1. The lowest BCUT2D eigenvalue weighted by Crippen LogP contribution is -2.39. The number of carbonyl (C=O) groups is 1. The van der Waals surface area contributed by atoms with Crippen LogP contribution in [0.4, 0.5) is 13.2 Å². The van der Waals surface area contributed by atoms with Crippen LogP contribution in [0.5, 0.6) is 0 Å². The average Bonchev–Trinajstić information content (AvgIpc) is 3.05. The van der Waals surface area contributed by atoms with E-state index in [-0.39, 0.29) is 11.0 Å². The van der Waals surface area contributed by atoms with Gasteiger partial charge in [0.15, 0.2) is 10.7 Å². The van der Waals surface area contributed by atoms with Gasteiger partial charge in [0, 0.05) is 9.75 Å². The highest BCUT2D eigenvalue weighted by Gasteiger charge is 2.42. The first-order valence-corrected chi connectivity index (χ1v) is 7.84. The Bertz CT molecular complexity index is 783. The number of halogens is 3. The minimum atomic E-state index is -4.35. The number of rotatable bonds is 2. The molecule has 0 bridgehead atoms. The summed E-state index contributed by atoms with van der Waals surface area (Å²) in [6.45, 7) is 1.71. The Morgan fingerprint density at radius 2 is 1.78 bits per heavy atom. The maximum absolute atomic E-state index is 12.6. The molecule has 120 valence electrons. The van der Waals surface area contributed by atoms with Gasteiger partial charge in [-0.25, -0.2) is 0 Å². The van der Waals surface area contributed by atoms with Crippen LogP contribution in [-0.4, -0.2) is 11.0 Å². The molecule has 2 aromatic rings. The van der Waals surface area contributed by atoms with E-state index < -0.39 is 17.3 Å². The lowest BCUT2D eigenvalue weighted by Gasteiger charge is -2.19. The van der Waals surface area contributed by atoms with Gasteiger partial charge in [-0.3, -0.25) is 4.79 Å². The van der Waals surface area contributed by atoms with Gasteiger partial charge in [-0.2, -0.15) is 13.2 Å². The molecule has 0 saturated carbocycles. The van der Waals surface area contributed by atoms with Gasteiger partial charge in [0.25, 0.3) is 5.91 Å². The lowest BCUT2D eigenvalue weighted by atomic mass is 10.0. The highest BCUT2D eigenvalue weighted by atomic mass is 32.1. The maximum Gasteiger partial charge on any atom is 0.416 e. The molecule has 1 amide bonds. The molecule has 8 heteroatoms. The van der Waals surface area contributed by atoms with Gasteiger partial charge >= 0.3 is 6.18 Å². The smallest absolute Gasteiger partial charge is 0.344 e. The van der Waals surface area contributed by atoms with E-state index in [0.29, 0.717) is 5.56 Å². The zero-order chi connectivity index (χ0) is 16.8. The number of amides is 1. The number of nitrogens with one attached hydrogen (secondary N) is 2. The molecule has 3 nitrogen and oxygen atoms in total. The Labute approximate surface area is 139 Å². The van der Waals surface area contributed by atoms with Crippen LogP contribution in [0.1, 0.15) is 17.4 Å².